The van der Waals surface area contributed by atoms with E-state index in [1.54, 1.807) is 0 Å². The summed E-state index contributed by atoms with van der Waals surface area (Å²) < 4.78 is 0. The predicted octanol–water partition coefficient (Wildman–Crippen LogP) is 1.93. The second-order valence-electron chi connectivity index (χ2n) is 3.34. The van der Waals surface area contributed by atoms with Gasteiger partial charge in [-0.1, -0.05) is 18.6 Å². The average Bonchev–Trinajstić information content (AvgIpc) is 2.26. The lowest BCUT2D eigenvalue weighted by atomic mass is 9.75. The van der Waals surface area contributed by atoms with E-state index in [9.17, 15) is 4.79 Å². The van der Waals surface area contributed by atoms with Crippen molar-refractivity contribution in [1.82, 2.24) is 0 Å². The standard InChI is InChI=1S/C9H12O/c1-2-6-3-7-5-9(10)8(7)4-6/h4,7-8H,2-3,5H2,1H3/t7-,8+/m1/s1. The minimum Gasteiger partial charge on any atom is -0.299 e. The highest BCUT2D eigenvalue weighted by atomic mass is 16.1. The molecule has 0 aromatic rings. The Hall–Kier alpha value is -0.590. The third-order valence-electron chi connectivity index (χ3n) is 2.74. The Balaban J connectivity index is 2.12. The summed E-state index contributed by atoms with van der Waals surface area (Å²) in [5.41, 5.74) is 1.50. The van der Waals surface area contributed by atoms with Gasteiger partial charge in [0.05, 0.1) is 0 Å². The molecule has 0 saturated heterocycles. The number of carbonyl (C=O) groups is 1. The van der Waals surface area contributed by atoms with Gasteiger partial charge in [-0.2, -0.15) is 0 Å². The third kappa shape index (κ3) is 0.664. The number of hydrogen-bond donors (Lipinski definition) is 0. The molecule has 1 fully saturated rings. The Labute approximate surface area is 61.1 Å². The molecule has 2 rings (SSSR count). The van der Waals surface area contributed by atoms with Crippen molar-refractivity contribution in [2.45, 2.75) is 26.2 Å². The summed E-state index contributed by atoms with van der Waals surface area (Å²) in [6.07, 6.45) is 5.38. The summed E-state index contributed by atoms with van der Waals surface area (Å²) in [5, 5.41) is 0. The zero-order valence-corrected chi connectivity index (χ0v) is 6.26. The van der Waals surface area contributed by atoms with Gasteiger partial charge in [-0.3, -0.25) is 4.79 Å². The fourth-order valence-corrected chi connectivity index (χ4v) is 1.97. The number of ketones is 1. The Kier molecular flexibility index (Phi) is 1.19. The van der Waals surface area contributed by atoms with E-state index >= 15 is 0 Å². The normalized spacial score (nSPS) is 36.9. The molecule has 0 aromatic heterocycles. The van der Waals surface area contributed by atoms with Crippen LogP contribution in [0.25, 0.3) is 0 Å². The molecule has 2 aliphatic rings. The molecule has 54 valence electrons. The summed E-state index contributed by atoms with van der Waals surface area (Å²) in [7, 11) is 0. The maximum Gasteiger partial charge on any atom is 0.140 e. The number of hydrogen-bond acceptors (Lipinski definition) is 1. The summed E-state index contributed by atoms with van der Waals surface area (Å²) in [4.78, 5) is 10.9. The number of allylic oxidation sites excluding steroid dienone is 2. The maximum absolute atomic E-state index is 10.9. The van der Waals surface area contributed by atoms with Crippen molar-refractivity contribution >= 4 is 5.78 Å². The fraction of sp³-hybridized carbons (Fsp3) is 0.667. The number of Topliss-reactive ketones (excluding diaryl/α,β-unsaturated/α-hetero) is 1. The van der Waals surface area contributed by atoms with E-state index < -0.39 is 0 Å². The van der Waals surface area contributed by atoms with E-state index in [1.807, 2.05) is 0 Å². The van der Waals surface area contributed by atoms with Gasteiger partial charge in [0, 0.05) is 12.3 Å². The molecule has 2 aliphatic carbocycles. The molecule has 1 heteroatoms. The van der Waals surface area contributed by atoms with Crippen molar-refractivity contribution in [3.05, 3.63) is 11.6 Å². The average molecular weight is 136 g/mol. The van der Waals surface area contributed by atoms with E-state index in [0.717, 1.165) is 12.8 Å². The SMILES string of the molecule is CCC1=C[C@@H]2C(=O)C[C@H]2C1. The number of fused-ring (bicyclic) bond motifs is 1. The van der Waals surface area contributed by atoms with Gasteiger partial charge < -0.3 is 0 Å². The quantitative estimate of drug-likeness (QED) is 0.503. The van der Waals surface area contributed by atoms with E-state index in [0.29, 0.717) is 17.6 Å². The molecule has 0 bridgehead atoms. The van der Waals surface area contributed by atoms with Crippen molar-refractivity contribution in [1.29, 1.82) is 0 Å². The molecule has 1 nitrogen and oxygen atoms in total. The third-order valence-corrected chi connectivity index (χ3v) is 2.74. The van der Waals surface area contributed by atoms with Crippen LogP contribution in [0, 0.1) is 11.8 Å². The van der Waals surface area contributed by atoms with Crippen LogP contribution in [-0.4, -0.2) is 5.78 Å². The van der Waals surface area contributed by atoms with Gasteiger partial charge in [0.2, 0.25) is 0 Å². The highest BCUT2D eigenvalue weighted by molar-refractivity contribution is 5.90. The Morgan fingerprint density at radius 1 is 1.60 bits per heavy atom. The van der Waals surface area contributed by atoms with Crippen LogP contribution in [-0.2, 0) is 4.79 Å². The van der Waals surface area contributed by atoms with Crippen molar-refractivity contribution in [2.75, 3.05) is 0 Å². The Morgan fingerprint density at radius 3 is 2.90 bits per heavy atom. The second kappa shape index (κ2) is 1.94. The van der Waals surface area contributed by atoms with E-state index in [2.05, 4.69) is 13.0 Å². The van der Waals surface area contributed by atoms with Crippen LogP contribution in [0.15, 0.2) is 11.6 Å². The first-order chi connectivity index (χ1) is 4.81. The fourth-order valence-electron chi connectivity index (χ4n) is 1.97. The van der Waals surface area contributed by atoms with Gasteiger partial charge in [0.1, 0.15) is 5.78 Å². The van der Waals surface area contributed by atoms with E-state index in [4.69, 9.17) is 0 Å². The molecular weight excluding hydrogens is 124 g/mol. The molecule has 0 N–H and O–H groups in total. The van der Waals surface area contributed by atoms with Gasteiger partial charge in [-0.25, -0.2) is 0 Å². The first kappa shape index (κ1) is 6.14. The lowest BCUT2D eigenvalue weighted by Gasteiger charge is -2.27. The van der Waals surface area contributed by atoms with E-state index in [-0.39, 0.29) is 0 Å². The molecule has 0 aromatic carbocycles. The molecule has 0 unspecified atom stereocenters. The summed E-state index contributed by atoms with van der Waals surface area (Å²) in [5.74, 6) is 1.52. The monoisotopic (exact) mass is 136 g/mol. The lowest BCUT2D eigenvalue weighted by Crippen LogP contribution is -2.32. The molecule has 0 aliphatic heterocycles. The smallest absolute Gasteiger partial charge is 0.140 e. The maximum atomic E-state index is 10.9. The minimum atomic E-state index is 0.343. The predicted molar refractivity (Wildman–Crippen MR) is 39.6 cm³/mol. The van der Waals surface area contributed by atoms with Gasteiger partial charge in [-0.05, 0) is 18.8 Å². The molecule has 0 spiro atoms. The first-order valence-corrected chi connectivity index (χ1v) is 4.03. The molecule has 10 heavy (non-hydrogen) atoms. The topological polar surface area (TPSA) is 17.1 Å². The van der Waals surface area contributed by atoms with Crippen LogP contribution in [0.1, 0.15) is 26.2 Å². The van der Waals surface area contributed by atoms with Gasteiger partial charge in [0.15, 0.2) is 0 Å². The van der Waals surface area contributed by atoms with Crippen molar-refractivity contribution < 1.29 is 4.79 Å². The van der Waals surface area contributed by atoms with E-state index in [1.165, 1.54) is 12.0 Å². The summed E-state index contributed by atoms with van der Waals surface area (Å²) in [6, 6.07) is 0. The molecule has 0 radical (unpaired) electrons. The zero-order valence-electron chi connectivity index (χ0n) is 6.26. The van der Waals surface area contributed by atoms with Crippen LogP contribution in [0.5, 0.6) is 0 Å². The molecule has 1 saturated carbocycles. The zero-order chi connectivity index (χ0) is 7.14. The summed E-state index contributed by atoms with van der Waals surface area (Å²) in [6.45, 7) is 2.17. The van der Waals surface area contributed by atoms with Gasteiger partial charge >= 0.3 is 0 Å². The molecule has 2 atom stereocenters. The van der Waals surface area contributed by atoms with Crippen molar-refractivity contribution in [3.8, 4) is 0 Å². The number of rotatable bonds is 1. The van der Waals surface area contributed by atoms with Crippen LogP contribution < -0.4 is 0 Å². The Morgan fingerprint density at radius 2 is 2.40 bits per heavy atom. The molecular formula is C9H12O. The highest BCUT2D eigenvalue weighted by Crippen LogP contribution is 2.43. The van der Waals surface area contributed by atoms with Crippen LogP contribution in [0.4, 0.5) is 0 Å². The van der Waals surface area contributed by atoms with Crippen LogP contribution in [0.2, 0.25) is 0 Å². The largest absolute Gasteiger partial charge is 0.299 e. The lowest BCUT2D eigenvalue weighted by molar-refractivity contribution is -0.130. The number of carbonyl (C=O) groups excluding carboxylic acids is 1. The minimum absolute atomic E-state index is 0.343. The van der Waals surface area contributed by atoms with Gasteiger partial charge in [-0.15, -0.1) is 0 Å². The van der Waals surface area contributed by atoms with Crippen molar-refractivity contribution in [3.63, 3.8) is 0 Å². The van der Waals surface area contributed by atoms with Gasteiger partial charge in [0.25, 0.3) is 0 Å². The van der Waals surface area contributed by atoms with Crippen LogP contribution >= 0.6 is 0 Å². The highest BCUT2D eigenvalue weighted by Gasteiger charge is 2.41. The first-order valence-electron chi connectivity index (χ1n) is 4.03. The molecule has 0 amide bonds. The second-order valence-corrected chi connectivity index (χ2v) is 3.34. The summed E-state index contributed by atoms with van der Waals surface area (Å²) >= 11 is 0. The van der Waals surface area contributed by atoms with Crippen LogP contribution in [0.3, 0.4) is 0 Å². The Bertz CT molecular complexity index is 203. The molecule has 0 heterocycles. The van der Waals surface area contributed by atoms with Crippen molar-refractivity contribution in [2.24, 2.45) is 11.8 Å².